The molecule has 24 heavy (non-hydrogen) atoms. The van der Waals surface area contributed by atoms with Gasteiger partial charge in [0.2, 0.25) is 5.91 Å². The largest absolute Gasteiger partial charge is 0.486 e. The smallest absolute Gasteiger partial charge is 0.243 e. The molecule has 3 heterocycles. The van der Waals surface area contributed by atoms with Crippen LogP contribution in [-0.4, -0.2) is 27.5 Å². The Kier molecular flexibility index (Phi) is 3.45. The molecule has 0 saturated heterocycles. The van der Waals surface area contributed by atoms with Crippen LogP contribution in [0, 0.1) is 16.7 Å². The minimum atomic E-state index is -0.791. The summed E-state index contributed by atoms with van der Waals surface area (Å²) in [5, 5.41) is 13.3. The molecule has 1 fully saturated rings. The normalized spacial score (nSPS) is 17.7. The maximum atomic E-state index is 12.5. The molecule has 2 aromatic rings. The van der Waals surface area contributed by atoms with Crippen molar-refractivity contribution in [3.05, 3.63) is 41.5 Å². The zero-order chi connectivity index (χ0) is 16.6. The zero-order valence-electron chi connectivity index (χ0n) is 13.1. The molecule has 0 aromatic carbocycles. The van der Waals surface area contributed by atoms with E-state index in [1.807, 2.05) is 6.07 Å². The van der Waals surface area contributed by atoms with Crippen molar-refractivity contribution < 1.29 is 14.1 Å². The summed E-state index contributed by atoms with van der Waals surface area (Å²) in [6, 6.07) is 5.78. The van der Waals surface area contributed by atoms with Crippen molar-refractivity contribution in [2.75, 3.05) is 6.54 Å². The third kappa shape index (κ3) is 2.50. The molecule has 1 amide bonds. The first-order chi connectivity index (χ1) is 11.7. The highest BCUT2D eigenvalue weighted by Crippen LogP contribution is 2.47. The maximum Gasteiger partial charge on any atom is 0.243 e. The second-order valence-electron chi connectivity index (χ2n) is 6.18. The number of carbonyl (C=O) groups excluding carboxylic acids is 1. The first-order valence-corrected chi connectivity index (χ1v) is 7.92. The molecule has 1 aliphatic heterocycles. The van der Waals surface area contributed by atoms with E-state index in [2.05, 4.69) is 16.2 Å². The van der Waals surface area contributed by atoms with Gasteiger partial charge in [-0.05, 0) is 25.0 Å². The Balaban J connectivity index is 1.48. The van der Waals surface area contributed by atoms with Gasteiger partial charge in [-0.1, -0.05) is 5.16 Å². The van der Waals surface area contributed by atoms with Crippen molar-refractivity contribution in [2.45, 2.75) is 32.4 Å². The number of hydrogen-bond donors (Lipinski definition) is 0. The Morgan fingerprint density at radius 1 is 1.50 bits per heavy atom. The third-order valence-electron chi connectivity index (χ3n) is 4.58. The van der Waals surface area contributed by atoms with E-state index in [-0.39, 0.29) is 12.5 Å². The highest BCUT2D eigenvalue weighted by atomic mass is 16.5. The van der Waals surface area contributed by atoms with Crippen LogP contribution in [0.5, 0.6) is 5.75 Å². The fourth-order valence-corrected chi connectivity index (χ4v) is 2.94. The first-order valence-electron chi connectivity index (χ1n) is 7.92. The van der Waals surface area contributed by atoms with Gasteiger partial charge in [-0.25, -0.2) is 0 Å². The molecule has 7 nitrogen and oxygen atoms in total. The van der Waals surface area contributed by atoms with Gasteiger partial charge in [0.15, 0.2) is 0 Å². The van der Waals surface area contributed by atoms with Crippen molar-refractivity contribution in [3.8, 4) is 11.8 Å². The SMILES string of the molecule is N#CC1(C(=O)N2CCc3onc(COc4cccnc4)c3C2)CC1. The topological polar surface area (TPSA) is 92.2 Å². The number of amides is 1. The van der Waals surface area contributed by atoms with Crippen LogP contribution in [0.15, 0.2) is 29.0 Å². The number of fused-ring (bicyclic) bond motifs is 1. The summed E-state index contributed by atoms with van der Waals surface area (Å²) in [6.07, 6.45) is 5.24. The molecule has 0 N–H and O–H groups in total. The predicted molar refractivity (Wildman–Crippen MR) is 81.5 cm³/mol. The number of ether oxygens (including phenoxy) is 1. The molecule has 0 unspecified atom stereocenters. The van der Waals surface area contributed by atoms with Crippen LogP contribution in [0.4, 0.5) is 0 Å². The summed E-state index contributed by atoms with van der Waals surface area (Å²) >= 11 is 0. The Hall–Kier alpha value is -2.88. The molecule has 1 aliphatic carbocycles. The zero-order valence-corrected chi connectivity index (χ0v) is 13.1. The van der Waals surface area contributed by atoms with E-state index in [0.717, 1.165) is 11.3 Å². The number of aromatic nitrogens is 2. The highest BCUT2D eigenvalue weighted by molar-refractivity contribution is 5.88. The fourth-order valence-electron chi connectivity index (χ4n) is 2.94. The Bertz CT molecular complexity index is 805. The molecule has 122 valence electrons. The number of pyridine rings is 1. The molecule has 0 atom stereocenters. The van der Waals surface area contributed by atoms with Crippen LogP contribution in [0.3, 0.4) is 0 Å². The fraction of sp³-hybridized carbons (Fsp3) is 0.412. The quantitative estimate of drug-likeness (QED) is 0.852. The summed E-state index contributed by atoms with van der Waals surface area (Å²) in [5.41, 5.74) is 0.793. The maximum absolute atomic E-state index is 12.5. The predicted octanol–water partition coefficient (Wildman–Crippen LogP) is 1.84. The molecule has 2 aromatic heterocycles. The number of hydrogen-bond acceptors (Lipinski definition) is 6. The summed E-state index contributed by atoms with van der Waals surface area (Å²) in [7, 11) is 0. The van der Waals surface area contributed by atoms with Gasteiger partial charge in [0.05, 0.1) is 18.8 Å². The van der Waals surface area contributed by atoms with E-state index in [0.29, 0.717) is 43.8 Å². The van der Waals surface area contributed by atoms with E-state index < -0.39 is 5.41 Å². The van der Waals surface area contributed by atoms with E-state index >= 15 is 0 Å². The van der Waals surface area contributed by atoms with Crippen LogP contribution in [0.2, 0.25) is 0 Å². The Labute approximate surface area is 138 Å². The van der Waals surface area contributed by atoms with Crippen LogP contribution in [0.25, 0.3) is 0 Å². The van der Waals surface area contributed by atoms with Crippen LogP contribution < -0.4 is 4.74 Å². The van der Waals surface area contributed by atoms with E-state index in [9.17, 15) is 10.1 Å². The van der Waals surface area contributed by atoms with Crippen molar-refractivity contribution in [2.24, 2.45) is 5.41 Å². The van der Waals surface area contributed by atoms with Gasteiger partial charge >= 0.3 is 0 Å². The number of rotatable bonds is 4. The lowest BCUT2D eigenvalue weighted by Crippen LogP contribution is -2.40. The Morgan fingerprint density at radius 2 is 2.38 bits per heavy atom. The molecule has 1 saturated carbocycles. The van der Waals surface area contributed by atoms with Gasteiger partial charge in [-0.3, -0.25) is 9.78 Å². The summed E-state index contributed by atoms with van der Waals surface area (Å²) in [5.74, 6) is 1.38. The summed E-state index contributed by atoms with van der Waals surface area (Å²) in [6.45, 7) is 1.25. The highest BCUT2D eigenvalue weighted by Gasteiger charge is 2.53. The van der Waals surface area contributed by atoms with Crippen molar-refractivity contribution in [3.63, 3.8) is 0 Å². The van der Waals surface area contributed by atoms with Crippen molar-refractivity contribution in [1.82, 2.24) is 15.0 Å². The lowest BCUT2D eigenvalue weighted by Gasteiger charge is -2.28. The lowest BCUT2D eigenvalue weighted by molar-refractivity contribution is -0.136. The summed E-state index contributed by atoms with van der Waals surface area (Å²) < 4.78 is 11.1. The minimum absolute atomic E-state index is 0.0732. The van der Waals surface area contributed by atoms with Crippen LogP contribution in [0.1, 0.15) is 29.9 Å². The van der Waals surface area contributed by atoms with Crippen molar-refractivity contribution >= 4 is 5.91 Å². The van der Waals surface area contributed by atoms with Crippen LogP contribution >= 0.6 is 0 Å². The molecule has 0 radical (unpaired) electrons. The number of nitriles is 1. The first kappa shape index (κ1) is 14.7. The molecule has 0 bridgehead atoms. The van der Waals surface area contributed by atoms with Crippen molar-refractivity contribution in [1.29, 1.82) is 5.26 Å². The standard InChI is InChI=1S/C17H16N4O3/c18-11-17(4-5-17)16(22)21-7-3-15-13(9-21)14(20-24-15)10-23-12-2-1-6-19-8-12/h1-2,6,8H,3-5,7,9-10H2. The van der Waals surface area contributed by atoms with Gasteiger partial charge < -0.3 is 14.2 Å². The van der Waals surface area contributed by atoms with Gasteiger partial charge in [-0.2, -0.15) is 5.26 Å². The number of carbonyl (C=O) groups is 1. The van der Waals surface area contributed by atoms with Gasteiger partial charge in [0.1, 0.15) is 29.2 Å². The molecular weight excluding hydrogens is 308 g/mol. The lowest BCUT2D eigenvalue weighted by atomic mass is 10.0. The average molecular weight is 324 g/mol. The third-order valence-corrected chi connectivity index (χ3v) is 4.58. The van der Waals surface area contributed by atoms with Gasteiger partial charge in [0.25, 0.3) is 0 Å². The minimum Gasteiger partial charge on any atom is -0.486 e. The molecule has 0 spiro atoms. The van der Waals surface area contributed by atoms with Gasteiger partial charge in [-0.15, -0.1) is 0 Å². The number of nitrogens with zero attached hydrogens (tertiary/aromatic N) is 4. The average Bonchev–Trinajstić information content (AvgIpc) is 3.34. The molecule has 7 heteroatoms. The molecular formula is C17H16N4O3. The summed E-state index contributed by atoms with van der Waals surface area (Å²) in [4.78, 5) is 18.3. The van der Waals surface area contributed by atoms with Gasteiger partial charge in [0, 0.05) is 24.7 Å². The van der Waals surface area contributed by atoms with E-state index in [1.165, 1.54) is 0 Å². The van der Waals surface area contributed by atoms with Crippen LogP contribution in [-0.2, 0) is 24.4 Å². The molecule has 2 aliphatic rings. The Morgan fingerprint density at radius 3 is 3.08 bits per heavy atom. The second-order valence-corrected chi connectivity index (χ2v) is 6.18. The molecule has 4 rings (SSSR count). The monoisotopic (exact) mass is 324 g/mol. The second kappa shape index (κ2) is 5.64. The van der Waals surface area contributed by atoms with E-state index in [1.54, 1.807) is 23.4 Å². The van der Waals surface area contributed by atoms with E-state index in [4.69, 9.17) is 9.26 Å².